The second-order valence-corrected chi connectivity index (χ2v) is 4.42. The van der Waals surface area contributed by atoms with E-state index in [-0.39, 0.29) is 5.91 Å². The average Bonchev–Trinajstić information content (AvgIpc) is 2.43. The van der Waals surface area contributed by atoms with Crippen molar-refractivity contribution in [2.75, 3.05) is 20.7 Å². The Morgan fingerprint density at radius 2 is 1.89 bits per heavy atom. The van der Waals surface area contributed by atoms with Crippen LogP contribution in [0.5, 0.6) is 5.75 Å². The number of carbonyl (C=O) groups is 2. The third-order valence-corrected chi connectivity index (χ3v) is 3.01. The van der Waals surface area contributed by atoms with Crippen LogP contribution in [-0.4, -0.2) is 42.6 Å². The topological polar surface area (TPSA) is 66.8 Å². The number of likely N-dealkylation sites (N-methyl/N-ethyl adjacent to an activating group) is 1. The van der Waals surface area contributed by atoms with E-state index in [1.54, 1.807) is 14.2 Å². The summed E-state index contributed by atoms with van der Waals surface area (Å²) in [6.07, 6.45) is 0.679. The predicted octanol–water partition coefficient (Wildman–Crippen LogP) is 1.42. The highest BCUT2D eigenvalue weighted by molar-refractivity contribution is 5.96. The molecule has 1 amide bonds. The molecule has 1 atom stereocenters. The van der Waals surface area contributed by atoms with E-state index >= 15 is 0 Å². The van der Waals surface area contributed by atoms with Crippen LogP contribution >= 0.6 is 0 Å². The lowest BCUT2D eigenvalue weighted by Crippen LogP contribution is -2.36. The van der Waals surface area contributed by atoms with Gasteiger partial charge in [0.25, 0.3) is 0 Å². The normalized spacial score (nSPS) is 11.7. The van der Waals surface area contributed by atoms with Gasteiger partial charge in [0.1, 0.15) is 11.7 Å². The van der Waals surface area contributed by atoms with Crippen molar-refractivity contribution in [3.8, 4) is 5.75 Å². The van der Waals surface area contributed by atoms with E-state index in [4.69, 9.17) is 9.84 Å². The molecule has 1 N–H and O–H groups in total. The summed E-state index contributed by atoms with van der Waals surface area (Å²) in [5, 5.41) is 8.78. The Balaban J connectivity index is 2.51. The van der Waals surface area contributed by atoms with Gasteiger partial charge in [-0.2, -0.15) is 0 Å². The molecular weight excluding hydrogens is 246 g/mol. The van der Waals surface area contributed by atoms with Crippen LogP contribution < -0.4 is 4.74 Å². The van der Waals surface area contributed by atoms with Gasteiger partial charge >= 0.3 is 5.97 Å². The number of hydrogen-bond acceptors (Lipinski definition) is 3. The number of methoxy groups -OCH3 is 1. The van der Waals surface area contributed by atoms with Crippen LogP contribution in [0, 0.1) is 5.92 Å². The average molecular weight is 265 g/mol. The summed E-state index contributed by atoms with van der Waals surface area (Å²) >= 11 is 0. The van der Waals surface area contributed by atoms with Crippen LogP contribution in [0.4, 0.5) is 0 Å². The Hall–Kier alpha value is -2.04. The van der Waals surface area contributed by atoms with Crippen molar-refractivity contribution in [1.82, 2.24) is 4.90 Å². The summed E-state index contributed by atoms with van der Waals surface area (Å²) in [5.74, 6) is -1.68. The van der Waals surface area contributed by atoms with Crippen LogP contribution in [-0.2, 0) is 16.0 Å². The number of benzene rings is 1. The van der Waals surface area contributed by atoms with Gasteiger partial charge in [0.05, 0.1) is 7.11 Å². The van der Waals surface area contributed by atoms with Gasteiger partial charge in [-0.3, -0.25) is 9.59 Å². The van der Waals surface area contributed by atoms with E-state index < -0.39 is 11.9 Å². The zero-order valence-electron chi connectivity index (χ0n) is 11.4. The van der Waals surface area contributed by atoms with Crippen LogP contribution in [0.3, 0.4) is 0 Å². The molecule has 0 bridgehead atoms. The summed E-state index contributed by atoms with van der Waals surface area (Å²) in [5.41, 5.74) is 1.07. The summed E-state index contributed by atoms with van der Waals surface area (Å²) in [7, 11) is 3.22. The molecule has 0 aliphatic rings. The van der Waals surface area contributed by atoms with Crippen LogP contribution in [0.15, 0.2) is 24.3 Å². The number of carboxylic acid groups (broad SMARTS) is 1. The second-order valence-electron chi connectivity index (χ2n) is 4.42. The lowest BCUT2D eigenvalue weighted by atomic mass is 10.1. The van der Waals surface area contributed by atoms with Crippen molar-refractivity contribution in [1.29, 1.82) is 0 Å². The van der Waals surface area contributed by atoms with Crippen molar-refractivity contribution < 1.29 is 19.4 Å². The highest BCUT2D eigenvalue weighted by Gasteiger charge is 2.23. The van der Waals surface area contributed by atoms with E-state index in [0.29, 0.717) is 13.0 Å². The summed E-state index contributed by atoms with van der Waals surface area (Å²) in [6, 6.07) is 7.57. The minimum Gasteiger partial charge on any atom is -0.497 e. The zero-order chi connectivity index (χ0) is 14.4. The first kappa shape index (κ1) is 15.0. The van der Waals surface area contributed by atoms with Gasteiger partial charge < -0.3 is 14.7 Å². The lowest BCUT2D eigenvalue weighted by Gasteiger charge is -2.19. The first-order valence-corrected chi connectivity index (χ1v) is 6.06. The molecule has 0 radical (unpaired) electrons. The molecule has 0 aliphatic heterocycles. The fourth-order valence-electron chi connectivity index (χ4n) is 1.64. The van der Waals surface area contributed by atoms with Crippen molar-refractivity contribution in [2.45, 2.75) is 13.3 Å². The summed E-state index contributed by atoms with van der Waals surface area (Å²) in [6.45, 7) is 1.89. The molecule has 5 nitrogen and oxygen atoms in total. The molecule has 1 rings (SSSR count). The summed E-state index contributed by atoms with van der Waals surface area (Å²) < 4.78 is 5.06. The SMILES string of the molecule is COc1ccc(CCN(C)C(=O)C(C)C(=O)O)cc1. The van der Waals surface area contributed by atoms with Gasteiger partial charge in [0.2, 0.25) is 5.91 Å². The standard InChI is InChI=1S/C14H19NO4/c1-10(14(17)18)13(16)15(2)9-8-11-4-6-12(19-3)7-5-11/h4-7,10H,8-9H2,1-3H3,(H,17,18). The fourth-order valence-corrected chi connectivity index (χ4v) is 1.64. The van der Waals surface area contributed by atoms with Crippen molar-refractivity contribution in [3.63, 3.8) is 0 Å². The van der Waals surface area contributed by atoms with E-state index in [0.717, 1.165) is 11.3 Å². The second kappa shape index (κ2) is 6.78. The van der Waals surface area contributed by atoms with E-state index in [1.165, 1.54) is 11.8 Å². The molecule has 0 fully saturated rings. The lowest BCUT2D eigenvalue weighted by molar-refractivity contribution is -0.149. The monoisotopic (exact) mass is 265 g/mol. The Morgan fingerprint density at radius 1 is 1.32 bits per heavy atom. The summed E-state index contributed by atoms with van der Waals surface area (Å²) in [4.78, 5) is 23.9. The van der Waals surface area contributed by atoms with Gasteiger partial charge in [-0.05, 0) is 31.0 Å². The van der Waals surface area contributed by atoms with Gasteiger partial charge in [-0.25, -0.2) is 0 Å². The Morgan fingerprint density at radius 3 is 2.37 bits per heavy atom. The van der Waals surface area contributed by atoms with E-state index in [1.807, 2.05) is 24.3 Å². The number of carboxylic acids is 1. The predicted molar refractivity (Wildman–Crippen MR) is 71.1 cm³/mol. The molecule has 0 aliphatic carbocycles. The molecule has 0 spiro atoms. The number of amides is 1. The van der Waals surface area contributed by atoms with Crippen LogP contribution in [0.25, 0.3) is 0 Å². The van der Waals surface area contributed by atoms with Crippen molar-refractivity contribution in [2.24, 2.45) is 5.92 Å². The van der Waals surface area contributed by atoms with Gasteiger partial charge in [-0.15, -0.1) is 0 Å². The molecule has 5 heteroatoms. The highest BCUT2D eigenvalue weighted by Crippen LogP contribution is 2.12. The number of aliphatic carboxylic acids is 1. The fraction of sp³-hybridized carbons (Fsp3) is 0.429. The van der Waals surface area contributed by atoms with Crippen molar-refractivity contribution >= 4 is 11.9 Å². The molecule has 0 saturated carbocycles. The molecule has 104 valence electrons. The first-order valence-electron chi connectivity index (χ1n) is 6.06. The molecular formula is C14H19NO4. The van der Waals surface area contributed by atoms with Crippen molar-refractivity contribution in [3.05, 3.63) is 29.8 Å². The van der Waals surface area contributed by atoms with E-state index in [9.17, 15) is 9.59 Å². The quantitative estimate of drug-likeness (QED) is 0.790. The number of hydrogen-bond donors (Lipinski definition) is 1. The maximum atomic E-state index is 11.7. The van der Waals surface area contributed by atoms with E-state index in [2.05, 4.69) is 0 Å². The maximum Gasteiger partial charge on any atom is 0.315 e. The number of carbonyl (C=O) groups excluding carboxylic acids is 1. The minimum atomic E-state index is -1.10. The molecule has 0 heterocycles. The smallest absolute Gasteiger partial charge is 0.315 e. The molecule has 1 aromatic rings. The Kier molecular flexibility index (Phi) is 5.36. The van der Waals surface area contributed by atoms with Crippen LogP contribution in [0.1, 0.15) is 12.5 Å². The Bertz CT molecular complexity index is 441. The molecule has 1 aromatic carbocycles. The van der Waals surface area contributed by atoms with Gasteiger partial charge in [0.15, 0.2) is 0 Å². The van der Waals surface area contributed by atoms with Crippen LogP contribution in [0.2, 0.25) is 0 Å². The molecule has 19 heavy (non-hydrogen) atoms. The number of nitrogens with zero attached hydrogens (tertiary/aromatic N) is 1. The van der Waals surface area contributed by atoms with Gasteiger partial charge in [-0.1, -0.05) is 12.1 Å². The zero-order valence-corrected chi connectivity index (χ0v) is 11.4. The number of rotatable bonds is 6. The third kappa shape index (κ3) is 4.28. The minimum absolute atomic E-state index is 0.374. The molecule has 0 saturated heterocycles. The largest absolute Gasteiger partial charge is 0.497 e. The Labute approximate surface area is 112 Å². The van der Waals surface area contributed by atoms with Gasteiger partial charge in [0, 0.05) is 13.6 Å². The first-order chi connectivity index (χ1) is 8.95. The molecule has 1 unspecified atom stereocenters. The third-order valence-electron chi connectivity index (χ3n) is 3.01. The maximum absolute atomic E-state index is 11.7. The highest BCUT2D eigenvalue weighted by atomic mass is 16.5. The number of ether oxygens (including phenoxy) is 1. The molecule has 0 aromatic heterocycles.